The van der Waals surface area contributed by atoms with Gasteiger partial charge in [0, 0.05) is 18.1 Å². The quantitative estimate of drug-likeness (QED) is 0.840. The van der Waals surface area contributed by atoms with E-state index in [-0.39, 0.29) is 17.7 Å². The third kappa shape index (κ3) is 5.02. The molecule has 0 radical (unpaired) electrons. The standard InChI is InChI=1S/C12H17BrFNO2/c1-3-15-7-10(8-16-2)17-12-5-4-9(13)6-11(12)14/h4-6,10,15H,3,7-8H2,1-2H3. The van der Waals surface area contributed by atoms with E-state index in [9.17, 15) is 4.39 Å². The van der Waals surface area contributed by atoms with E-state index in [0.717, 1.165) is 6.54 Å². The van der Waals surface area contributed by atoms with E-state index in [1.165, 1.54) is 6.07 Å². The van der Waals surface area contributed by atoms with Gasteiger partial charge in [-0.1, -0.05) is 22.9 Å². The fraction of sp³-hybridized carbons (Fsp3) is 0.500. The molecule has 1 aromatic rings. The van der Waals surface area contributed by atoms with Gasteiger partial charge < -0.3 is 14.8 Å². The first-order chi connectivity index (χ1) is 8.17. The molecule has 0 saturated heterocycles. The average Bonchev–Trinajstić information content (AvgIpc) is 2.29. The second kappa shape index (κ2) is 7.63. The molecule has 0 saturated carbocycles. The first-order valence-corrected chi connectivity index (χ1v) is 6.28. The Labute approximate surface area is 109 Å². The van der Waals surface area contributed by atoms with E-state index in [1.54, 1.807) is 19.2 Å². The van der Waals surface area contributed by atoms with Crippen molar-refractivity contribution in [2.24, 2.45) is 0 Å². The molecule has 1 aromatic carbocycles. The molecule has 0 aliphatic rings. The Hall–Kier alpha value is -0.650. The summed E-state index contributed by atoms with van der Waals surface area (Å²) in [5.74, 6) is -0.134. The molecule has 0 spiro atoms. The summed E-state index contributed by atoms with van der Waals surface area (Å²) in [4.78, 5) is 0. The highest BCUT2D eigenvalue weighted by atomic mass is 79.9. The summed E-state index contributed by atoms with van der Waals surface area (Å²) in [6.45, 7) is 3.89. The molecule has 5 heteroatoms. The molecule has 96 valence electrons. The first-order valence-electron chi connectivity index (χ1n) is 5.48. The predicted molar refractivity (Wildman–Crippen MR) is 68.9 cm³/mol. The monoisotopic (exact) mass is 305 g/mol. The van der Waals surface area contributed by atoms with Gasteiger partial charge in [0.15, 0.2) is 11.6 Å². The minimum Gasteiger partial charge on any atom is -0.484 e. The Morgan fingerprint density at radius 3 is 2.82 bits per heavy atom. The third-order valence-corrected chi connectivity index (χ3v) is 2.66. The smallest absolute Gasteiger partial charge is 0.166 e. The molecule has 1 atom stereocenters. The molecule has 0 amide bonds. The minimum atomic E-state index is -0.378. The topological polar surface area (TPSA) is 30.5 Å². The van der Waals surface area contributed by atoms with Crippen LogP contribution in [0.2, 0.25) is 0 Å². The van der Waals surface area contributed by atoms with Gasteiger partial charge in [0.25, 0.3) is 0 Å². The van der Waals surface area contributed by atoms with Gasteiger partial charge in [0.1, 0.15) is 6.10 Å². The van der Waals surface area contributed by atoms with Crippen LogP contribution in [0.25, 0.3) is 0 Å². The second-order valence-corrected chi connectivity index (χ2v) is 4.49. The van der Waals surface area contributed by atoms with Gasteiger partial charge in [-0.15, -0.1) is 0 Å². The predicted octanol–water partition coefficient (Wildman–Crippen LogP) is 2.59. The molecule has 3 nitrogen and oxygen atoms in total. The lowest BCUT2D eigenvalue weighted by atomic mass is 10.3. The Balaban J connectivity index is 2.64. The van der Waals surface area contributed by atoms with Gasteiger partial charge in [0.05, 0.1) is 6.61 Å². The van der Waals surface area contributed by atoms with Crippen LogP contribution in [-0.2, 0) is 4.74 Å². The maximum Gasteiger partial charge on any atom is 0.166 e. The molecule has 0 bridgehead atoms. The van der Waals surface area contributed by atoms with Gasteiger partial charge in [-0.25, -0.2) is 4.39 Å². The zero-order valence-corrected chi connectivity index (χ0v) is 11.6. The lowest BCUT2D eigenvalue weighted by molar-refractivity contribution is 0.0782. The zero-order chi connectivity index (χ0) is 12.7. The van der Waals surface area contributed by atoms with Crippen LogP contribution in [0.5, 0.6) is 5.75 Å². The summed E-state index contributed by atoms with van der Waals surface area (Å²) in [5, 5.41) is 3.15. The van der Waals surface area contributed by atoms with Crippen LogP contribution >= 0.6 is 15.9 Å². The summed E-state index contributed by atoms with van der Waals surface area (Å²) < 4.78 is 24.8. The van der Waals surface area contributed by atoms with Crippen molar-refractivity contribution in [3.8, 4) is 5.75 Å². The van der Waals surface area contributed by atoms with Gasteiger partial charge in [0.2, 0.25) is 0 Å². The average molecular weight is 306 g/mol. The first kappa shape index (κ1) is 14.4. The number of ether oxygens (including phenoxy) is 2. The SMILES string of the molecule is CCNCC(COC)Oc1ccc(Br)cc1F. The number of halogens is 2. The summed E-state index contributed by atoms with van der Waals surface area (Å²) in [5.41, 5.74) is 0. The van der Waals surface area contributed by atoms with Crippen molar-refractivity contribution in [1.82, 2.24) is 5.32 Å². The molecule has 1 rings (SSSR count). The molecule has 0 aliphatic heterocycles. The van der Waals surface area contributed by atoms with Crippen molar-refractivity contribution >= 4 is 15.9 Å². The Morgan fingerprint density at radius 2 is 2.24 bits per heavy atom. The lowest BCUT2D eigenvalue weighted by Crippen LogP contribution is -2.35. The highest BCUT2D eigenvalue weighted by molar-refractivity contribution is 9.10. The van der Waals surface area contributed by atoms with E-state index >= 15 is 0 Å². The normalized spacial score (nSPS) is 12.5. The fourth-order valence-electron chi connectivity index (χ4n) is 1.38. The zero-order valence-electron chi connectivity index (χ0n) is 10.0. The number of benzene rings is 1. The number of hydrogen-bond acceptors (Lipinski definition) is 3. The summed E-state index contributed by atoms with van der Waals surface area (Å²) in [6, 6.07) is 4.73. The van der Waals surface area contributed by atoms with Crippen LogP contribution in [0.15, 0.2) is 22.7 Å². The highest BCUT2D eigenvalue weighted by Gasteiger charge is 2.12. The molecule has 1 N–H and O–H groups in total. The van der Waals surface area contributed by atoms with E-state index < -0.39 is 0 Å². The molecule has 0 heterocycles. The Bertz CT molecular complexity index is 349. The maximum absolute atomic E-state index is 13.6. The lowest BCUT2D eigenvalue weighted by Gasteiger charge is -2.19. The molecular formula is C12H17BrFNO2. The van der Waals surface area contributed by atoms with E-state index in [4.69, 9.17) is 9.47 Å². The Kier molecular flexibility index (Phi) is 6.47. The van der Waals surface area contributed by atoms with Crippen LogP contribution < -0.4 is 10.1 Å². The number of hydrogen-bond donors (Lipinski definition) is 1. The van der Waals surface area contributed by atoms with Gasteiger partial charge in [-0.3, -0.25) is 0 Å². The highest BCUT2D eigenvalue weighted by Crippen LogP contribution is 2.22. The summed E-state index contributed by atoms with van der Waals surface area (Å²) in [7, 11) is 1.60. The van der Waals surface area contributed by atoms with E-state index in [1.807, 2.05) is 6.92 Å². The van der Waals surface area contributed by atoms with Crippen LogP contribution in [-0.4, -0.2) is 32.9 Å². The fourth-order valence-corrected chi connectivity index (χ4v) is 1.71. The third-order valence-electron chi connectivity index (χ3n) is 2.16. The molecule has 1 unspecified atom stereocenters. The second-order valence-electron chi connectivity index (χ2n) is 3.58. The van der Waals surface area contributed by atoms with Gasteiger partial charge >= 0.3 is 0 Å². The van der Waals surface area contributed by atoms with Crippen molar-refractivity contribution in [3.63, 3.8) is 0 Å². The van der Waals surface area contributed by atoms with Crippen molar-refractivity contribution in [1.29, 1.82) is 0 Å². The van der Waals surface area contributed by atoms with Crippen molar-refractivity contribution in [2.75, 3.05) is 26.8 Å². The molecular weight excluding hydrogens is 289 g/mol. The van der Waals surface area contributed by atoms with E-state index in [2.05, 4.69) is 21.2 Å². The summed E-state index contributed by atoms with van der Waals surface area (Å²) in [6.07, 6.45) is -0.198. The molecule has 0 aliphatic carbocycles. The van der Waals surface area contributed by atoms with Crippen molar-refractivity contribution in [2.45, 2.75) is 13.0 Å². The maximum atomic E-state index is 13.6. The number of likely N-dealkylation sites (N-methyl/N-ethyl adjacent to an activating group) is 1. The Morgan fingerprint density at radius 1 is 1.47 bits per heavy atom. The van der Waals surface area contributed by atoms with Crippen LogP contribution in [0, 0.1) is 5.82 Å². The minimum absolute atomic E-state index is 0.198. The number of rotatable bonds is 7. The van der Waals surface area contributed by atoms with Crippen LogP contribution in [0.4, 0.5) is 4.39 Å². The van der Waals surface area contributed by atoms with Crippen LogP contribution in [0.1, 0.15) is 6.92 Å². The van der Waals surface area contributed by atoms with E-state index in [0.29, 0.717) is 17.6 Å². The number of methoxy groups -OCH3 is 1. The number of nitrogens with one attached hydrogen (secondary N) is 1. The molecule has 0 aromatic heterocycles. The molecule has 17 heavy (non-hydrogen) atoms. The van der Waals surface area contributed by atoms with Gasteiger partial charge in [-0.2, -0.15) is 0 Å². The van der Waals surface area contributed by atoms with Crippen LogP contribution in [0.3, 0.4) is 0 Å². The largest absolute Gasteiger partial charge is 0.484 e. The van der Waals surface area contributed by atoms with Crippen molar-refractivity contribution < 1.29 is 13.9 Å². The summed E-state index contributed by atoms with van der Waals surface area (Å²) >= 11 is 3.20. The molecule has 0 fully saturated rings. The van der Waals surface area contributed by atoms with Gasteiger partial charge in [-0.05, 0) is 24.7 Å². The van der Waals surface area contributed by atoms with Crippen molar-refractivity contribution in [3.05, 3.63) is 28.5 Å².